The van der Waals surface area contributed by atoms with Crippen molar-refractivity contribution in [3.63, 3.8) is 0 Å². The average Bonchev–Trinajstić information content (AvgIpc) is 2.87. The van der Waals surface area contributed by atoms with Crippen LogP contribution < -0.4 is 15.4 Å². The van der Waals surface area contributed by atoms with Crippen molar-refractivity contribution in [2.24, 2.45) is 5.92 Å². The highest BCUT2D eigenvalue weighted by Crippen LogP contribution is 2.23. The Labute approximate surface area is 148 Å². The maximum atomic E-state index is 11.8. The summed E-state index contributed by atoms with van der Waals surface area (Å²) in [6.07, 6.45) is -0.464. The van der Waals surface area contributed by atoms with Gasteiger partial charge in [-0.3, -0.25) is 5.32 Å². The zero-order valence-electron chi connectivity index (χ0n) is 14.9. The number of nitrogens with one attached hydrogen (secondary N) is 2. The number of anilines is 1. The first-order valence-electron chi connectivity index (χ1n) is 8.37. The van der Waals surface area contributed by atoms with Crippen LogP contribution in [0.2, 0.25) is 0 Å². The summed E-state index contributed by atoms with van der Waals surface area (Å²) in [4.78, 5) is 11.8. The van der Waals surface area contributed by atoms with Crippen molar-refractivity contribution in [2.75, 3.05) is 30.0 Å². The average molecular weight is 353 g/mol. The van der Waals surface area contributed by atoms with E-state index in [2.05, 4.69) is 17.6 Å². The summed E-state index contributed by atoms with van der Waals surface area (Å²) in [5.41, 5.74) is 0.148. The van der Waals surface area contributed by atoms with E-state index in [0.29, 0.717) is 18.3 Å². The molecule has 2 unspecified atom stereocenters. The Morgan fingerprint density at radius 1 is 1.33 bits per heavy atom. The fraction of sp³-hybridized carbons (Fsp3) is 0.611. The Morgan fingerprint density at radius 2 is 2.12 bits per heavy atom. The summed E-state index contributed by atoms with van der Waals surface area (Å²) in [5, 5.41) is 6.26. The number of hydrogen-bond donors (Lipinski definition) is 2. The van der Waals surface area contributed by atoms with Crippen LogP contribution in [0.1, 0.15) is 27.7 Å². The maximum absolute atomic E-state index is 11.8. The molecule has 0 bridgehead atoms. The van der Waals surface area contributed by atoms with Crippen LogP contribution in [0.3, 0.4) is 0 Å². The van der Waals surface area contributed by atoms with Crippen LogP contribution in [0.5, 0.6) is 5.75 Å². The van der Waals surface area contributed by atoms with Gasteiger partial charge >= 0.3 is 6.09 Å². The molecule has 1 aromatic carbocycles. The van der Waals surface area contributed by atoms with E-state index in [1.807, 2.05) is 50.7 Å². The molecule has 0 saturated carbocycles. The van der Waals surface area contributed by atoms with E-state index in [9.17, 15) is 4.79 Å². The first-order chi connectivity index (χ1) is 11.3. The van der Waals surface area contributed by atoms with Gasteiger partial charge in [0.25, 0.3) is 0 Å². The Bertz CT molecular complexity index is 545. The number of carbonyl (C=O) groups is 1. The molecule has 2 atom stereocenters. The minimum atomic E-state index is -0.514. The number of hydrogen-bond acceptors (Lipinski definition) is 5. The summed E-state index contributed by atoms with van der Waals surface area (Å²) in [7, 11) is 0. The number of benzene rings is 1. The van der Waals surface area contributed by atoms with E-state index in [0.717, 1.165) is 18.2 Å². The predicted octanol–water partition coefficient (Wildman–Crippen LogP) is 3.75. The van der Waals surface area contributed by atoms with Crippen molar-refractivity contribution in [1.29, 1.82) is 0 Å². The minimum Gasteiger partial charge on any atom is -0.492 e. The largest absolute Gasteiger partial charge is 0.492 e. The van der Waals surface area contributed by atoms with E-state index < -0.39 is 11.7 Å². The molecule has 6 heteroatoms. The highest BCUT2D eigenvalue weighted by atomic mass is 32.2. The normalized spacial score (nSPS) is 20.7. The van der Waals surface area contributed by atoms with Crippen molar-refractivity contribution in [3.8, 4) is 5.75 Å². The fourth-order valence-electron chi connectivity index (χ4n) is 2.42. The van der Waals surface area contributed by atoms with Gasteiger partial charge in [-0.1, -0.05) is 13.0 Å². The molecule has 0 aliphatic carbocycles. The molecular weight excluding hydrogens is 324 g/mol. The van der Waals surface area contributed by atoms with Crippen molar-refractivity contribution in [2.45, 2.75) is 39.3 Å². The molecule has 1 aliphatic rings. The summed E-state index contributed by atoms with van der Waals surface area (Å²) in [5.74, 6) is 3.86. The molecule has 24 heavy (non-hydrogen) atoms. The van der Waals surface area contributed by atoms with E-state index >= 15 is 0 Å². The molecule has 0 radical (unpaired) electrons. The molecule has 5 nitrogen and oxygen atoms in total. The van der Waals surface area contributed by atoms with Gasteiger partial charge in [-0.05, 0) is 44.6 Å². The predicted molar refractivity (Wildman–Crippen MR) is 100 cm³/mol. The SMILES string of the molecule is CC1CSCC1NCCOc1cccc(NC(=O)OC(C)(C)C)c1. The van der Waals surface area contributed by atoms with Crippen LogP contribution in [0.4, 0.5) is 10.5 Å². The molecule has 1 fully saturated rings. The molecule has 1 amide bonds. The number of rotatable bonds is 6. The lowest BCUT2D eigenvalue weighted by Gasteiger charge is -2.20. The van der Waals surface area contributed by atoms with E-state index in [1.165, 1.54) is 11.5 Å². The van der Waals surface area contributed by atoms with Gasteiger partial charge in [-0.15, -0.1) is 0 Å². The van der Waals surface area contributed by atoms with Crippen LogP contribution >= 0.6 is 11.8 Å². The van der Waals surface area contributed by atoms with Crippen molar-refractivity contribution in [1.82, 2.24) is 5.32 Å². The lowest BCUT2D eigenvalue weighted by Crippen LogP contribution is -2.36. The first-order valence-corrected chi connectivity index (χ1v) is 9.53. The number of carbonyl (C=O) groups excluding carboxylic acids is 1. The van der Waals surface area contributed by atoms with Crippen LogP contribution in [0.25, 0.3) is 0 Å². The number of ether oxygens (including phenoxy) is 2. The van der Waals surface area contributed by atoms with Gasteiger partial charge in [0.05, 0.1) is 0 Å². The van der Waals surface area contributed by atoms with Gasteiger partial charge < -0.3 is 14.8 Å². The maximum Gasteiger partial charge on any atom is 0.412 e. The van der Waals surface area contributed by atoms with E-state index in [-0.39, 0.29) is 0 Å². The molecule has 1 heterocycles. The second-order valence-corrected chi connectivity index (χ2v) is 8.15. The summed E-state index contributed by atoms with van der Waals surface area (Å²) in [6, 6.07) is 7.93. The second-order valence-electron chi connectivity index (χ2n) is 7.08. The van der Waals surface area contributed by atoms with Gasteiger partial charge in [-0.2, -0.15) is 11.8 Å². The molecule has 1 saturated heterocycles. The smallest absolute Gasteiger partial charge is 0.412 e. The molecule has 2 N–H and O–H groups in total. The lowest BCUT2D eigenvalue weighted by atomic mass is 10.1. The fourth-order valence-corrected chi connectivity index (χ4v) is 3.86. The van der Waals surface area contributed by atoms with Crippen molar-refractivity contribution < 1.29 is 14.3 Å². The molecular formula is C18H28N2O3S. The van der Waals surface area contributed by atoms with Crippen LogP contribution in [-0.4, -0.2) is 42.4 Å². The third-order valence-corrected chi connectivity index (χ3v) is 4.98. The topological polar surface area (TPSA) is 59.6 Å². The van der Waals surface area contributed by atoms with Crippen molar-refractivity contribution in [3.05, 3.63) is 24.3 Å². The van der Waals surface area contributed by atoms with Crippen LogP contribution in [-0.2, 0) is 4.74 Å². The third-order valence-electron chi connectivity index (χ3n) is 3.62. The molecule has 0 spiro atoms. The number of amides is 1. The zero-order chi connectivity index (χ0) is 17.6. The standard InChI is InChI=1S/C18H28N2O3S/c1-13-11-24-12-16(13)19-8-9-22-15-7-5-6-14(10-15)20-17(21)23-18(2,3)4/h5-7,10,13,16,19H,8-9,11-12H2,1-4H3,(H,20,21). The van der Waals surface area contributed by atoms with Crippen LogP contribution in [0, 0.1) is 5.92 Å². The minimum absolute atomic E-state index is 0.464. The van der Waals surface area contributed by atoms with Crippen LogP contribution in [0.15, 0.2) is 24.3 Å². The molecule has 0 aromatic heterocycles. The van der Waals surface area contributed by atoms with Gasteiger partial charge in [0.2, 0.25) is 0 Å². The van der Waals surface area contributed by atoms with E-state index in [4.69, 9.17) is 9.47 Å². The number of thioether (sulfide) groups is 1. The molecule has 134 valence electrons. The summed E-state index contributed by atoms with van der Waals surface area (Å²) in [6.45, 7) is 9.21. The van der Waals surface area contributed by atoms with Gasteiger partial charge in [-0.25, -0.2) is 4.79 Å². The summed E-state index contributed by atoms with van der Waals surface area (Å²) >= 11 is 2.00. The summed E-state index contributed by atoms with van der Waals surface area (Å²) < 4.78 is 11.0. The van der Waals surface area contributed by atoms with E-state index in [1.54, 1.807) is 6.07 Å². The Morgan fingerprint density at radius 3 is 2.79 bits per heavy atom. The molecule has 1 aromatic rings. The molecule has 1 aliphatic heterocycles. The van der Waals surface area contributed by atoms with Gasteiger partial charge in [0, 0.05) is 30.1 Å². The zero-order valence-corrected chi connectivity index (χ0v) is 15.7. The highest BCUT2D eigenvalue weighted by molar-refractivity contribution is 7.99. The quantitative estimate of drug-likeness (QED) is 0.764. The molecule has 2 rings (SSSR count). The Kier molecular flexibility index (Phi) is 6.80. The van der Waals surface area contributed by atoms with Gasteiger partial charge in [0.15, 0.2) is 0 Å². The lowest BCUT2D eigenvalue weighted by molar-refractivity contribution is 0.0636. The third kappa shape index (κ3) is 6.61. The highest BCUT2D eigenvalue weighted by Gasteiger charge is 2.22. The van der Waals surface area contributed by atoms with Gasteiger partial charge in [0.1, 0.15) is 18.0 Å². The Hall–Kier alpha value is -1.40. The second kappa shape index (κ2) is 8.62. The Balaban J connectivity index is 1.75. The van der Waals surface area contributed by atoms with Crippen molar-refractivity contribution >= 4 is 23.5 Å². The first kappa shape index (κ1) is 18.9. The monoisotopic (exact) mass is 352 g/mol.